The lowest BCUT2D eigenvalue weighted by atomic mass is 9.95. The second-order valence-electron chi connectivity index (χ2n) is 5.97. The molecule has 0 saturated heterocycles. The molecule has 1 aromatic rings. The SMILES string of the molecule is CCNC(=O)c1ccc2c(c1)S(=O)(=O)N(C1CCCCC1)C2=O. The van der Waals surface area contributed by atoms with E-state index in [0.29, 0.717) is 19.4 Å². The van der Waals surface area contributed by atoms with E-state index >= 15 is 0 Å². The molecule has 0 radical (unpaired) electrons. The van der Waals surface area contributed by atoms with Crippen LogP contribution in [0.2, 0.25) is 0 Å². The predicted molar refractivity (Wildman–Crippen MR) is 84.7 cm³/mol. The van der Waals surface area contributed by atoms with Crippen LogP contribution >= 0.6 is 0 Å². The van der Waals surface area contributed by atoms with Gasteiger partial charge in [0.15, 0.2) is 0 Å². The minimum absolute atomic E-state index is 0.0446. The molecule has 3 rings (SSSR count). The van der Waals surface area contributed by atoms with Gasteiger partial charge in [0.25, 0.3) is 21.8 Å². The lowest BCUT2D eigenvalue weighted by Gasteiger charge is -2.29. The summed E-state index contributed by atoms with van der Waals surface area (Å²) in [6.07, 6.45) is 4.37. The number of hydrogen-bond acceptors (Lipinski definition) is 4. The molecule has 7 heteroatoms. The topological polar surface area (TPSA) is 83.6 Å². The highest BCUT2D eigenvalue weighted by atomic mass is 32.2. The minimum Gasteiger partial charge on any atom is -0.352 e. The number of rotatable bonds is 3. The largest absolute Gasteiger partial charge is 0.352 e. The summed E-state index contributed by atoms with van der Waals surface area (Å²) >= 11 is 0. The maximum Gasteiger partial charge on any atom is 0.269 e. The average Bonchev–Trinajstić information content (AvgIpc) is 2.74. The van der Waals surface area contributed by atoms with Crippen molar-refractivity contribution in [3.63, 3.8) is 0 Å². The van der Waals surface area contributed by atoms with E-state index in [1.165, 1.54) is 18.2 Å². The summed E-state index contributed by atoms with van der Waals surface area (Å²) in [4.78, 5) is 24.4. The Morgan fingerprint density at radius 1 is 1.26 bits per heavy atom. The minimum atomic E-state index is -3.86. The Balaban J connectivity index is 2.00. The molecule has 23 heavy (non-hydrogen) atoms. The van der Waals surface area contributed by atoms with E-state index < -0.39 is 15.9 Å². The molecule has 124 valence electrons. The zero-order valence-electron chi connectivity index (χ0n) is 13.0. The molecule has 0 aromatic heterocycles. The fourth-order valence-corrected chi connectivity index (χ4v) is 5.17. The molecule has 1 saturated carbocycles. The van der Waals surface area contributed by atoms with E-state index in [0.717, 1.165) is 23.6 Å². The van der Waals surface area contributed by atoms with Gasteiger partial charge >= 0.3 is 0 Å². The third-order valence-corrected chi connectivity index (χ3v) is 6.33. The van der Waals surface area contributed by atoms with Gasteiger partial charge in [-0.1, -0.05) is 19.3 Å². The number of amides is 2. The molecule has 2 aliphatic rings. The fourth-order valence-electron chi connectivity index (χ4n) is 3.33. The number of carbonyl (C=O) groups is 2. The molecule has 1 aliphatic carbocycles. The number of sulfonamides is 1. The Morgan fingerprint density at radius 3 is 2.61 bits per heavy atom. The van der Waals surface area contributed by atoms with Gasteiger partial charge in [-0.05, 0) is 38.0 Å². The van der Waals surface area contributed by atoms with Crippen molar-refractivity contribution in [1.82, 2.24) is 9.62 Å². The van der Waals surface area contributed by atoms with Crippen LogP contribution in [0.3, 0.4) is 0 Å². The van der Waals surface area contributed by atoms with Crippen LogP contribution in [-0.4, -0.2) is 37.1 Å². The maximum absolute atomic E-state index is 12.8. The number of nitrogens with zero attached hydrogens (tertiary/aromatic N) is 1. The molecule has 1 aromatic carbocycles. The molecular formula is C16H20N2O4S. The van der Waals surface area contributed by atoms with Crippen molar-refractivity contribution < 1.29 is 18.0 Å². The summed E-state index contributed by atoms with van der Waals surface area (Å²) in [5.74, 6) is -0.802. The lowest BCUT2D eigenvalue weighted by Crippen LogP contribution is -2.40. The van der Waals surface area contributed by atoms with Crippen LogP contribution in [0.5, 0.6) is 0 Å². The molecular weight excluding hydrogens is 316 g/mol. The number of fused-ring (bicyclic) bond motifs is 1. The highest BCUT2D eigenvalue weighted by molar-refractivity contribution is 7.90. The van der Waals surface area contributed by atoms with Gasteiger partial charge in [-0.25, -0.2) is 12.7 Å². The Morgan fingerprint density at radius 2 is 1.96 bits per heavy atom. The van der Waals surface area contributed by atoms with Crippen LogP contribution in [0.4, 0.5) is 0 Å². The third kappa shape index (κ3) is 2.63. The van der Waals surface area contributed by atoms with Crippen molar-refractivity contribution in [2.75, 3.05) is 6.54 Å². The Kier molecular flexibility index (Phi) is 4.14. The molecule has 1 N–H and O–H groups in total. The lowest BCUT2D eigenvalue weighted by molar-refractivity contribution is 0.0809. The third-order valence-electron chi connectivity index (χ3n) is 4.45. The first-order valence-electron chi connectivity index (χ1n) is 7.98. The number of nitrogens with one attached hydrogen (secondary N) is 1. The Hall–Kier alpha value is -1.89. The van der Waals surface area contributed by atoms with Gasteiger partial charge < -0.3 is 5.32 Å². The molecule has 1 fully saturated rings. The second kappa shape index (κ2) is 5.96. The van der Waals surface area contributed by atoms with Gasteiger partial charge in [-0.15, -0.1) is 0 Å². The van der Waals surface area contributed by atoms with Crippen LogP contribution < -0.4 is 5.32 Å². The summed E-state index contributed by atoms with van der Waals surface area (Å²) < 4.78 is 26.6. The Labute approximate surface area is 135 Å². The van der Waals surface area contributed by atoms with Crippen LogP contribution in [0.1, 0.15) is 59.7 Å². The first kappa shape index (κ1) is 16.0. The maximum atomic E-state index is 12.8. The molecule has 2 amide bonds. The van der Waals surface area contributed by atoms with E-state index in [1.807, 2.05) is 0 Å². The van der Waals surface area contributed by atoms with Gasteiger partial charge in [0.1, 0.15) is 4.90 Å². The Bertz CT molecular complexity index is 751. The van der Waals surface area contributed by atoms with Crippen molar-refractivity contribution >= 4 is 21.8 Å². The highest BCUT2D eigenvalue weighted by Gasteiger charge is 2.45. The van der Waals surface area contributed by atoms with Crippen molar-refractivity contribution in [2.24, 2.45) is 0 Å². The summed E-state index contributed by atoms with van der Waals surface area (Å²) in [7, 11) is -3.86. The average molecular weight is 336 g/mol. The van der Waals surface area contributed by atoms with Gasteiger partial charge in [0, 0.05) is 18.2 Å². The van der Waals surface area contributed by atoms with Crippen molar-refractivity contribution in [2.45, 2.75) is 50.0 Å². The second-order valence-corrected chi connectivity index (χ2v) is 7.75. The quantitative estimate of drug-likeness (QED) is 0.914. The summed E-state index contributed by atoms with van der Waals surface area (Å²) in [5.41, 5.74) is 0.427. The first-order valence-corrected chi connectivity index (χ1v) is 9.42. The summed E-state index contributed by atoms with van der Waals surface area (Å²) in [6, 6.07) is 4.00. The number of benzene rings is 1. The van der Waals surface area contributed by atoms with Gasteiger partial charge in [-0.3, -0.25) is 9.59 Å². The summed E-state index contributed by atoms with van der Waals surface area (Å²) in [5, 5.41) is 2.63. The molecule has 1 aliphatic heterocycles. The molecule has 0 bridgehead atoms. The number of hydrogen-bond donors (Lipinski definition) is 1. The van der Waals surface area contributed by atoms with Crippen LogP contribution in [0.25, 0.3) is 0 Å². The zero-order chi connectivity index (χ0) is 16.6. The zero-order valence-corrected chi connectivity index (χ0v) is 13.9. The van der Waals surface area contributed by atoms with Gasteiger partial charge in [0.05, 0.1) is 5.56 Å². The van der Waals surface area contributed by atoms with Gasteiger partial charge in [0.2, 0.25) is 0 Å². The van der Waals surface area contributed by atoms with E-state index in [2.05, 4.69) is 5.32 Å². The van der Waals surface area contributed by atoms with Crippen LogP contribution in [-0.2, 0) is 10.0 Å². The van der Waals surface area contributed by atoms with Crippen molar-refractivity contribution in [1.29, 1.82) is 0 Å². The van der Waals surface area contributed by atoms with E-state index in [4.69, 9.17) is 0 Å². The summed E-state index contributed by atoms with van der Waals surface area (Å²) in [6.45, 7) is 2.24. The van der Waals surface area contributed by atoms with E-state index in [-0.39, 0.29) is 28.0 Å². The standard InChI is InChI=1S/C16H20N2O4S/c1-2-17-15(19)11-8-9-13-14(10-11)23(21,22)18(16(13)20)12-6-4-3-5-7-12/h8-10,12H,2-7H2,1H3,(H,17,19). The van der Waals surface area contributed by atoms with E-state index in [9.17, 15) is 18.0 Å². The molecule has 0 atom stereocenters. The smallest absolute Gasteiger partial charge is 0.269 e. The fraction of sp³-hybridized carbons (Fsp3) is 0.500. The van der Waals surface area contributed by atoms with Gasteiger partial charge in [-0.2, -0.15) is 0 Å². The van der Waals surface area contributed by atoms with E-state index in [1.54, 1.807) is 6.92 Å². The highest BCUT2D eigenvalue weighted by Crippen LogP contribution is 2.36. The van der Waals surface area contributed by atoms with Crippen molar-refractivity contribution in [3.05, 3.63) is 29.3 Å². The predicted octanol–water partition coefficient (Wildman–Crippen LogP) is 1.91. The molecule has 0 unspecified atom stereocenters. The first-order chi connectivity index (χ1) is 11.0. The van der Waals surface area contributed by atoms with Crippen LogP contribution in [0.15, 0.2) is 23.1 Å². The normalized spacial score (nSPS) is 20.4. The van der Waals surface area contributed by atoms with Crippen LogP contribution in [0, 0.1) is 0 Å². The molecule has 0 spiro atoms. The monoisotopic (exact) mass is 336 g/mol. The van der Waals surface area contributed by atoms with Crippen molar-refractivity contribution in [3.8, 4) is 0 Å². The molecule has 1 heterocycles. The number of carbonyl (C=O) groups excluding carboxylic acids is 2. The molecule has 6 nitrogen and oxygen atoms in total.